The summed E-state index contributed by atoms with van der Waals surface area (Å²) in [5.74, 6) is -0.376. The highest BCUT2D eigenvalue weighted by Gasteiger charge is 2.32. The van der Waals surface area contributed by atoms with Crippen LogP contribution < -0.4 is 21.1 Å². The molecule has 0 fully saturated rings. The lowest BCUT2D eigenvalue weighted by atomic mass is 10.1. The van der Waals surface area contributed by atoms with Crippen molar-refractivity contribution in [2.45, 2.75) is 19.5 Å². The standard InChI is InChI=1S/C12H15N3O3/c1-7(14)12(17)15-9-4-8(5-13)2-3-10(9)18-6-11(15)16/h2-4,7H,5-6,13-14H2,1H3. The zero-order valence-corrected chi connectivity index (χ0v) is 10.1. The van der Waals surface area contributed by atoms with Gasteiger partial charge in [-0.15, -0.1) is 0 Å². The van der Waals surface area contributed by atoms with Crippen LogP contribution >= 0.6 is 0 Å². The predicted molar refractivity (Wildman–Crippen MR) is 66.0 cm³/mol. The second-order valence-corrected chi connectivity index (χ2v) is 4.15. The van der Waals surface area contributed by atoms with Crippen LogP contribution in [0, 0.1) is 0 Å². The summed E-state index contributed by atoms with van der Waals surface area (Å²) in [4.78, 5) is 24.8. The average Bonchev–Trinajstić information content (AvgIpc) is 2.37. The van der Waals surface area contributed by atoms with E-state index in [9.17, 15) is 9.59 Å². The Bertz CT molecular complexity index is 499. The molecule has 0 saturated heterocycles. The molecule has 1 aromatic carbocycles. The first-order chi connectivity index (χ1) is 8.54. The van der Waals surface area contributed by atoms with E-state index in [0.29, 0.717) is 18.0 Å². The molecule has 0 aromatic heterocycles. The molecular formula is C12H15N3O3. The van der Waals surface area contributed by atoms with Gasteiger partial charge in [0.15, 0.2) is 6.61 Å². The number of ether oxygens (including phenoxy) is 1. The van der Waals surface area contributed by atoms with E-state index in [0.717, 1.165) is 10.5 Å². The molecule has 18 heavy (non-hydrogen) atoms. The summed E-state index contributed by atoms with van der Waals surface area (Å²) in [6.45, 7) is 1.70. The van der Waals surface area contributed by atoms with Crippen molar-refractivity contribution in [3.05, 3.63) is 23.8 Å². The van der Waals surface area contributed by atoms with Crippen LogP contribution in [0.2, 0.25) is 0 Å². The maximum absolute atomic E-state index is 12.0. The summed E-state index contributed by atoms with van der Waals surface area (Å²) >= 11 is 0. The molecule has 1 atom stereocenters. The number of rotatable bonds is 2. The van der Waals surface area contributed by atoms with Crippen LogP contribution in [0.1, 0.15) is 12.5 Å². The van der Waals surface area contributed by atoms with Gasteiger partial charge in [0.1, 0.15) is 5.75 Å². The number of hydrogen-bond acceptors (Lipinski definition) is 5. The summed E-state index contributed by atoms with van der Waals surface area (Å²) in [7, 11) is 0. The van der Waals surface area contributed by atoms with Gasteiger partial charge in [0.05, 0.1) is 11.7 Å². The van der Waals surface area contributed by atoms with Crippen LogP contribution in [0.5, 0.6) is 5.75 Å². The molecule has 6 heteroatoms. The molecule has 1 aromatic rings. The predicted octanol–water partition coefficient (Wildman–Crippen LogP) is -0.255. The van der Waals surface area contributed by atoms with Crippen molar-refractivity contribution in [3.8, 4) is 5.75 Å². The number of imide groups is 1. The van der Waals surface area contributed by atoms with E-state index in [4.69, 9.17) is 16.2 Å². The van der Waals surface area contributed by atoms with Gasteiger partial charge in [0.2, 0.25) is 0 Å². The SMILES string of the molecule is CC(N)C(=O)N1C(=O)COc2ccc(CN)cc21. The summed E-state index contributed by atoms with van der Waals surface area (Å²) in [6.07, 6.45) is 0. The Morgan fingerprint density at radius 1 is 1.56 bits per heavy atom. The van der Waals surface area contributed by atoms with E-state index in [1.807, 2.05) is 0 Å². The van der Waals surface area contributed by atoms with E-state index < -0.39 is 17.9 Å². The molecule has 2 amide bonds. The molecule has 1 aliphatic rings. The van der Waals surface area contributed by atoms with Crippen molar-refractivity contribution in [1.29, 1.82) is 0 Å². The van der Waals surface area contributed by atoms with Gasteiger partial charge >= 0.3 is 0 Å². The van der Waals surface area contributed by atoms with Gasteiger partial charge in [0, 0.05) is 6.54 Å². The molecule has 1 heterocycles. The third kappa shape index (κ3) is 2.07. The molecule has 0 bridgehead atoms. The van der Waals surface area contributed by atoms with E-state index in [-0.39, 0.29) is 6.61 Å². The van der Waals surface area contributed by atoms with E-state index >= 15 is 0 Å². The molecular weight excluding hydrogens is 234 g/mol. The molecule has 0 radical (unpaired) electrons. The van der Waals surface area contributed by atoms with Crippen LogP contribution in [-0.4, -0.2) is 24.5 Å². The number of carbonyl (C=O) groups excluding carboxylic acids is 2. The highest BCUT2D eigenvalue weighted by atomic mass is 16.5. The van der Waals surface area contributed by atoms with Gasteiger partial charge in [-0.3, -0.25) is 9.59 Å². The number of hydrogen-bond donors (Lipinski definition) is 2. The Hall–Kier alpha value is -1.92. The van der Waals surface area contributed by atoms with E-state index in [2.05, 4.69) is 0 Å². The Labute approximate surface area is 104 Å². The fourth-order valence-corrected chi connectivity index (χ4v) is 1.77. The highest BCUT2D eigenvalue weighted by Crippen LogP contribution is 2.33. The van der Waals surface area contributed by atoms with Crippen molar-refractivity contribution in [2.75, 3.05) is 11.5 Å². The monoisotopic (exact) mass is 249 g/mol. The second-order valence-electron chi connectivity index (χ2n) is 4.15. The molecule has 0 aliphatic carbocycles. The number of benzene rings is 1. The fourth-order valence-electron chi connectivity index (χ4n) is 1.77. The molecule has 1 aliphatic heterocycles. The number of carbonyl (C=O) groups is 2. The third-order valence-electron chi connectivity index (χ3n) is 2.71. The normalized spacial score (nSPS) is 15.9. The largest absolute Gasteiger partial charge is 0.482 e. The second kappa shape index (κ2) is 4.75. The first kappa shape index (κ1) is 12.5. The number of fused-ring (bicyclic) bond motifs is 1. The minimum atomic E-state index is -0.749. The molecule has 6 nitrogen and oxygen atoms in total. The quantitative estimate of drug-likeness (QED) is 0.752. The van der Waals surface area contributed by atoms with Gasteiger partial charge in [-0.1, -0.05) is 6.07 Å². The molecule has 2 rings (SSSR count). The van der Waals surface area contributed by atoms with Gasteiger partial charge < -0.3 is 16.2 Å². The lowest BCUT2D eigenvalue weighted by Gasteiger charge is -2.29. The van der Waals surface area contributed by atoms with Gasteiger partial charge in [-0.25, -0.2) is 4.90 Å². The zero-order valence-electron chi connectivity index (χ0n) is 10.1. The lowest BCUT2D eigenvalue weighted by molar-refractivity contribution is -0.128. The van der Waals surface area contributed by atoms with Crippen molar-refractivity contribution in [1.82, 2.24) is 0 Å². The van der Waals surface area contributed by atoms with Gasteiger partial charge in [-0.2, -0.15) is 0 Å². The van der Waals surface area contributed by atoms with E-state index in [1.54, 1.807) is 18.2 Å². The smallest absolute Gasteiger partial charge is 0.271 e. The highest BCUT2D eigenvalue weighted by molar-refractivity contribution is 6.18. The van der Waals surface area contributed by atoms with Crippen LogP contribution in [0.25, 0.3) is 0 Å². The van der Waals surface area contributed by atoms with E-state index in [1.165, 1.54) is 6.92 Å². The molecule has 0 saturated carbocycles. The number of nitrogens with two attached hydrogens (primary N) is 2. The van der Waals surface area contributed by atoms with Gasteiger partial charge in [0.25, 0.3) is 11.8 Å². The number of amides is 2. The molecule has 0 spiro atoms. The molecule has 96 valence electrons. The zero-order chi connectivity index (χ0) is 13.3. The Balaban J connectivity index is 2.48. The Kier molecular flexibility index (Phi) is 3.31. The average molecular weight is 249 g/mol. The molecule has 1 unspecified atom stereocenters. The summed E-state index contributed by atoms with van der Waals surface area (Å²) in [5, 5.41) is 0. The van der Waals surface area contributed by atoms with Crippen LogP contribution in [-0.2, 0) is 16.1 Å². The minimum absolute atomic E-state index is 0.159. The summed E-state index contributed by atoms with van der Waals surface area (Å²) < 4.78 is 5.27. The maximum Gasteiger partial charge on any atom is 0.271 e. The number of nitrogens with zero attached hydrogens (tertiary/aromatic N) is 1. The summed E-state index contributed by atoms with van der Waals surface area (Å²) in [6, 6.07) is 4.42. The Morgan fingerprint density at radius 2 is 2.28 bits per heavy atom. The lowest BCUT2D eigenvalue weighted by Crippen LogP contribution is -2.49. The van der Waals surface area contributed by atoms with Crippen molar-refractivity contribution in [3.63, 3.8) is 0 Å². The summed E-state index contributed by atoms with van der Waals surface area (Å²) in [5.41, 5.74) is 12.3. The number of anilines is 1. The minimum Gasteiger partial charge on any atom is -0.482 e. The van der Waals surface area contributed by atoms with Crippen LogP contribution in [0.4, 0.5) is 5.69 Å². The van der Waals surface area contributed by atoms with Gasteiger partial charge in [-0.05, 0) is 24.6 Å². The fraction of sp³-hybridized carbons (Fsp3) is 0.333. The molecule has 4 N–H and O–H groups in total. The topological polar surface area (TPSA) is 98.7 Å². The van der Waals surface area contributed by atoms with Crippen LogP contribution in [0.3, 0.4) is 0 Å². The first-order valence-electron chi connectivity index (χ1n) is 5.62. The third-order valence-corrected chi connectivity index (χ3v) is 2.71. The maximum atomic E-state index is 12.0. The van der Waals surface area contributed by atoms with Crippen molar-refractivity contribution in [2.24, 2.45) is 11.5 Å². The van der Waals surface area contributed by atoms with Crippen molar-refractivity contribution >= 4 is 17.5 Å². The Morgan fingerprint density at radius 3 is 2.89 bits per heavy atom. The van der Waals surface area contributed by atoms with Crippen LogP contribution in [0.15, 0.2) is 18.2 Å². The van der Waals surface area contributed by atoms with Crippen molar-refractivity contribution < 1.29 is 14.3 Å². The first-order valence-corrected chi connectivity index (χ1v) is 5.62.